The van der Waals surface area contributed by atoms with E-state index in [2.05, 4.69) is 15.4 Å². The number of carboxylic acid groups (broad SMARTS) is 1. The largest absolute Gasteiger partial charge is 0.490 e. The Bertz CT molecular complexity index is 670. The van der Waals surface area contributed by atoms with E-state index in [1.165, 1.54) is 5.56 Å². The quantitative estimate of drug-likeness (QED) is 0.805. The zero-order valence-corrected chi connectivity index (χ0v) is 15.4. The average molecular weight is 391 g/mol. The van der Waals surface area contributed by atoms with Gasteiger partial charge in [0.1, 0.15) is 5.76 Å². The number of aryl methyl sites for hydroxylation is 2. The molecule has 0 bridgehead atoms. The van der Waals surface area contributed by atoms with E-state index in [1.807, 2.05) is 13.8 Å². The van der Waals surface area contributed by atoms with E-state index in [9.17, 15) is 18.0 Å². The molecule has 7 nitrogen and oxygen atoms in total. The van der Waals surface area contributed by atoms with Crippen LogP contribution in [0.3, 0.4) is 0 Å². The van der Waals surface area contributed by atoms with Gasteiger partial charge in [-0.3, -0.25) is 9.69 Å². The van der Waals surface area contributed by atoms with Crippen LogP contribution in [-0.4, -0.2) is 51.8 Å². The number of rotatable bonds is 2. The van der Waals surface area contributed by atoms with E-state index >= 15 is 0 Å². The van der Waals surface area contributed by atoms with E-state index in [-0.39, 0.29) is 11.4 Å². The van der Waals surface area contributed by atoms with Gasteiger partial charge in [0.2, 0.25) is 5.91 Å². The van der Waals surface area contributed by atoms with Crippen molar-refractivity contribution in [2.75, 3.05) is 13.1 Å². The summed E-state index contributed by atoms with van der Waals surface area (Å²) in [6.45, 7) is 7.01. The molecule has 3 heterocycles. The van der Waals surface area contributed by atoms with Gasteiger partial charge in [0.05, 0.1) is 5.69 Å². The molecule has 1 spiro atoms. The highest BCUT2D eigenvalue weighted by atomic mass is 19.4. The first kappa shape index (κ1) is 21.2. The zero-order valence-electron chi connectivity index (χ0n) is 15.4. The molecule has 1 atom stereocenters. The summed E-state index contributed by atoms with van der Waals surface area (Å²) in [4.78, 5) is 22.9. The fraction of sp³-hybridized carbons (Fsp3) is 0.706. The summed E-state index contributed by atoms with van der Waals surface area (Å²) in [5.74, 6) is -1.60. The number of aliphatic carboxylic acids is 1. The van der Waals surface area contributed by atoms with Crippen molar-refractivity contribution in [2.24, 2.45) is 0 Å². The summed E-state index contributed by atoms with van der Waals surface area (Å²) in [5, 5.41) is 14.4. The number of hydrogen-bond acceptors (Lipinski definition) is 5. The third-order valence-corrected chi connectivity index (χ3v) is 5.08. The first-order chi connectivity index (χ1) is 12.5. The van der Waals surface area contributed by atoms with Crippen LogP contribution in [0.2, 0.25) is 0 Å². The van der Waals surface area contributed by atoms with Crippen LogP contribution in [0.5, 0.6) is 0 Å². The van der Waals surface area contributed by atoms with Crippen LogP contribution < -0.4 is 5.32 Å². The third kappa shape index (κ3) is 5.69. The smallest absolute Gasteiger partial charge is 0.475 e. The van der Waals surface area contributed by atoms with Crippen molar-refractivity contribution in [2.45, 2.75) is 64.2 Å². The van der Waals surface area contributed by atoms with Crippen LogP contribution in [0.25, 0.3) is 0 Å². The number of hydrogen-bond donors (Lipinski definition) is 2. The minimum atomic E-state index is -5.08. The van der Waals surface area contributed by atoms with Crippen molar-refractivity contribution in [3.05, 3.63) is 17.0 Å². The number of likely N-dealkylation sites (tertiary alicyclic amines) is 1. The maximum absolute atomic E-state index is 11.5. The molecule has 2 aliphatic heterocycles. The summed E-state index contributed by atoms with van der Waals surface area (Å²) in [6.07, 6.45) is -0.0720. The number of aromatic nitrogens is 1. The molecule has 1 aromatic rings. The lowest BCUT2D eigenvalue weighted by Crippen LogP contribution is -2.42. The minimum Gasteiger partial charge on any atom is -0.475 e. The van der Waals surface area contributed by atoms with Gasteiger partial charge in [0.25, 0.3) is 0 Å². The SMILES string of the molecule is Cc1noc(C)c1CN1CCCC2(CCC(=O)N2)CC1.O=C(O)C(F)(F)F. The number of nitrogens with one attached hydrogen (secondary N) is 1. The Morgan fingerprint density at radius 1 is 1.30 bits per heavy atom. The maximum Gasteiger partial charge on any atom is 0.490 e. The molecule has 1 unspecified atom stereocenters. The molecular formula is C17H24F3N3O4. The van der Waals surface area contributed by atoms with E-state index in [0.717, 1.165) is 56.8 Å². The zero-order chi connectivity index (χ0) is 20.2. The molecule has 0 radical (unpaired) electrons. The Hall–Kier alpha value is -2.10. The summed E-state index contributed by atoms with van der Waals surface area (Å²) < 4.78 is 37.0. The minimum absolute atomic E-state index is 0.0740. The lowest BCUT2D eigenvalue weighted by Gasteiger charge is -2.27. The highest BCUT2D eigenvalue weighted by Gasteiger charge is 2.39. The lowest BCUT2D eigenvalue weighted by atomic mass is 9.89. The standard InChI is InChI=1S/C15H23N3O2.C2HF3O2/c1-11-13(12(2)20-17-11)10-18-8-3-5-15(7-9-18)6-4-14(19)16-15;3-2(4,5)1(6)7/h3-10H2,1-2H3,(H,16,19);(H,6,7). The molecule has 1 amide bonds. The molecule has 0 aliphatic carbocycles. The molecule has 3 rings (SSSR count). The van der Waals surface area contributed by atoms with Gasteiger partial charge < -0.3 is 14.9 Å². The highest BCUT2D eigenvalue weighted by Crippen LogP contribution is 2.32. The second kappa shape index (κ2) is 8.28. The maximum atomic E-state index is 11.5. The molecule has 10 heteroatoms. The normalized spacial score (nSPS) is 23.5. The van der Waals surface area contributed by atoms with Crippen molar-refractivity contribution in [1.29, 1.82) is 0 Å². The second-order valence-corrected chi connectivity index (χ2v) is 7.06. The third-order valence-electron chi connectivity index (χ3n) is 5.08. The van der Waals surface area contributed by atoms with E-state index in [1.54, 1.807) is 0 Å². The van der Waals surface area contributed by atoms with Gasteiger partial charge in [-0.2, -0.15) is 13.2 Å². The Balaban J connectivity index is 0.000000321. The van der Waals surface area contributed by atoms with Crippen LogP contribution in [0.15, 0.2) is 4.52 Å². The highest BCUT2D eigenvalue weighted by molar-refractivity contribution is 5.79. The summed E-state index contributed by atoms with van der Waals surface area (Å²) >= 11 is 0. The van der Waals surface area contributed by atoms with Gasteiger partial charge in [0.15, 0.2) is 0 Å². The van der Waals surface area contributed by atoms with Crippen LogP contribution in [0.4, 0.5) is 13.2 Å². The van der Waals surface area contributed by atoms with Crippen LogP contribution in [0, 0.1) is 13.8 Å². The predicted octanol–water partition coefficient (Wildman–Crippen LogP) is 2.56. The van der Waals surface area contributed by atoms with Crippen LogP contribution in [-0.2, 0) is 16.1 Å². The fourth-order valence-corrected chi connectivity index (χ4v) is 3.51. The molecule has 152 valence electrons. The predicted molar refractivity (Wildman–Crippen MR) is 88.9 cm³/mol. The lowest BCUT2D eigenvalue weighted by molar-refractivity contribution is -0.192. The molecule has 2 aliphatic rings. The van der Waals surface area contributed by atoms with Crippen molar-refractivity contribution >= 4 is 11.9 Å². The number of carbonyl (C=O) groups excluding carboxylic acids is 1. The van der Waals surface area contributed by atoms with Gasteiger partial charge in [-0.15, -0.1) is 0 Å². The summed E-state index contributed by atoms with van der Waals surface area (Å²) in [7, 11) is 0. The number of nitrogens with zero attached hydrogens (tertiary/aromatic N) is 2. The fourth-order valence-electron chi connectivity index (χ4n) is 3.51. The molecule has 27 heavy (non-hydrogen) atoms. The van der Waals surface area contributed by atoms with Crippen molar-refractivity contribution in [1.82, 2.24) is 15.4 Å². The van der Waals surface area contributed by atoms with E-state index in [4.69, 9.17) is 14.4 Å². The Labute approximate surface area is 154 Å². The van der Waals surface area contributed by atoms with Gasteiger partial charge in [0, 0.05) is 30.6 Å². The first-order valence-corrected chi connectivity index (χ1v) is 8.78. The van der Waals surface area contributed by atoms with Gasteiger partial charge in [-0.25, -0.2) is 4.79 Å². The average Bonchev–Trinajstić information content (AvgIpc) is 3.00. The van der Waals surface area contributed by atoms with Crippen molar-refractivity contribution in [3.8, 4) is 0 Å². The second-order valence-electron chi connectivity index (χ2n) is 7.06. The Kier molecular flexibility index (Phi) is 6.50. The first-order valence-electron chi connectivity index (χ1n) is 8.78. The van der Waals surface area contributed by atoms with E-state index < -0.39 is 12.1 Å². The molecular weight excluding hydrogens is 367 g/mol. The summed E-state index contributed by atoms with van der Waals surface area (Å²) in [5.41, 5.74) is 2.29. The Morgan fingerprint density at radius 3 is 2.44 bits per heavy atom. The van der Waals surface area contributed by atoms with Crippen molar-refractivity contribution in [3.63, 3.8) is 0 Å². The monoisotopic (exact) mass is 391 g/mol. The number of carbonyl (C=O) groups is 2. The molecule has 2 saturated heterocycles. The molecule has 2 N–H and O–H groups in total. The molecule has 1 aromatic heterocycles. The number of carboxylic acids is 1. The van der Waals surface area contributed by atoms with E-state index in [0.29, 0.717) is 6.42 Å². The molecule has 0 saturated carbocycles. The van der Waals surface area contributed by atoms with Crippen LogP contribution >= 0.6 is 0 Å². The molecule has 0 aromatic carbocycles. The van der Waals surface area contributed by atoms with Crippen LogP contribution in [0.1, 0.15) is 49.1 Å². The number of amides is 1. The summed E-state index contributed by atoms with van der Waals surface area (Å²) in [6, 6.07) is 0. The topological polar surface area (TPSA) is 95.7 Å². The Morgan fingerprint density at radius 2 is 1.96 bits per heavy atom. The van der Waals surface area contributed by atoms with Gasteiger partial charge in [-0.05, 0) is 46.1 Å². The number of halogens is 3. The number of alkyl halides is 3. The van der Waals surface area contributed by atoms with Crippen molar-refractivity contribution < 1.29 is 32.4 Å². The van der Waals surface area contributed by atoms with Gasteiger partial charge in [-0.1, -0.05) is 5.16 Å². The van der Waals surface area contributed by atoms with Gasteiger partial charge >= 0.3 is 12.1 Å². The molecule has 2 fully saturated rings.